The summed E-state index contributed by atoms with van der Waals surface area (Å²) < 4.78 is 0. The Morgan fingerprint density at radius 2 is 1.71 bits per heavy atom. The highest BCUT2D eigenvalue weighted by Gasteiger charge is 2.23. The number of nitrogens with two attached hydrogens (primary N) is 2. The van der Waals surface area contributed by atoms with Crippen molar-refractivity contribution >= 4 is 17.5 Å². The molecule has 5 N–H and O–H groups in total. The molecule has 1 unspecified atom stereocenters. The van der Waals surface area contributed by atoms with Crippen LogP contribution in [-0.2, 0) is 22.6 Å². The van der Waals surface area contributed by atoms with Gasteiger partial charge in [-0.25, -0.2) is 0 Å². The highest BCUT2D eigenvalue weighted by atomic mass is 16.2. The standard InChI is InChI=1S/C22H28N4O2/c23-20(14-16-5-2-1-3-6-16)22(28)25-19-8-4-7-17(13-19)15-26-11-9-18(10-12-26)21(24)27/h1-8,13,18,20H,9-12,14-15,23H2,(H2,24,27)(H,25,28). The second-order valence-electron chi connectivity index (χ2n) is 7.44. The monoisotopic (exact) mass is 380 g/mol. The van der Waals surface area contributed by atoms with Crippen molar-refractivity contribution < 1.29 is 9.59 Å². The molecule has 148 valence electrons. The van der Waals surface area contributed by atoms with Gasteiger partial charge < -0.3 is 16.8 Å². The summed E-state index contributed by atoms with van der Waals surface area (Å²) in [6.45, 7) is 2.49. The van der Waals surface area contributed by atoms with Crippen molar-refractivity contribution in [3.63, 3.8) is 0 Å². The smallest absolute Gasteiger partial charge is 0.241 e. The van der Waals surface area contributed by atoms with Crippen LogP contribution in [0.15, 0.2) is 54.6 Å². The van der Waals surface area contributed by atoms with E-state index in [9.17, 15) is 9.59 Å². The van der Waals surface area contributed by atoms with Gasteiger partial charge in [-0.05, 0) is 55.6 Å². The Hall–Kier alpha value is -2.70. The summed E-state index contributed by atoms with van der Waals surface area (Å²) in [4.78, 5) is 26.0. The summed E-state index contributed by atoms with van der Waals surface area (Å²) in [6.07, 6.45) is 2.11. The lowest BCUT2D eigenvalue weighted by atomic mass is 9.96. The highest BCUT2D eigenvalue weighted by Crippen LogP contribution is 2.20. The van der Waals surface area contributed by atoms with Gasteiger partial charge in [-0.15, -0.1) is 0 Å². The molecule has 0 spiro atoms. The van der Waals surface area contributed by atoms with Gasteiger partial charge in [0.15, 0.2) is 0 Å². The maximum absolute atomic E-state index is 12.4. The summed E-state index contributed by atoms with van der Waals surface area (Å²) >= 11 is 0. The van der Waals surface area contributed by atoms with Crippen molar-refractivity contribution in [2.75, 3.05) is 18.4 Å². The number of carbonyl (C=O) groups is 2. The molecule has 1 aliphatic rings. The number of piperidine rings is 1. The largest absolute Gasteiger partial charge is 0.369 e. The molecule has 1 saturated heterocycles. The predicted octanol–water partition coefficient (Wildman–Crippen LogP) is 1.89. The SMILES string of the molecule is NC(=O)C1CCN(Cc2cccc(NC(=O)C(N)Cc3ccccc3)c2)CC1. The molecule has 0 radical (unpaired) electrons. The van der Waals surface area contributed by atoms with Crippen molar-refractivity contribution in [2.24, 2.45) is 17.4 Å². The van der Waals surface area contributed by atoms with E-state index in [0.717, 1.165) is 49.3 Å². The first-order valence-corrected chi connectivity index (χ1v) is 9.72. The number of hydrogen-bond acceptors (Lipinski definition) is 4. The summed E-state index contributed by atoms with van der Waals surface area (Å²) in [6, 6.07) is 17.0. The fourth-order valence-corrected chi connectivity index (χ4v) is 3.58. The van der Waals surface area contributed by atoms with Crippen molar-refractivity contribution in [1.82, 2.24) is 4.90 Å². The number of benzene rings is 2. The normalized spacial score (nSPS) is 16.5. The number of carbonyl (C=O) groups excluding carboxylic acids is 2. The lowest BCUT2D eigenvalue weighted by molar-refractivity contribution is -0.123. The van der Waals surface area contributed by atoms with Crippen LogP contribution in [-0.4, -0.2) is 35.8 Å². The topological polar surface area (TPSA) is 101 Å². The Labute approximate surface area is 165 Å². The van der Waals surface area contributed by atoms with E-state index in [1.54, 1.807) is 0 Å². The second kappa shape index (κ2) is 9.48. The summed E-state index contributed by atoms with van der Waals surface area (Å²) in [5, 5.41) is 2.92. The molecule has 6 nitrogen and oxygen atoms in total. The second-order valence-corrected chi connectivity index (χ2v) is 7.44. The Morgan fingerprint density at radius 3 is 2.39 bits per heavy atom. The average molecular weight is 380 g/mol. The van der Waals surface area contributed by atoms with Gasteiger partial charge in [-0.1, -0.05) is 42.5 Å². The molecule has 1 aliphatic heterocycles. The number of rotatable bonds is 7. The number of likely N-dealkylation sites (tertiary alicyclic amines) is 1. The zero-order valence-corrected chi connectivity index (χ0v) is 16.0. The first-order valence-electron chi connectivity index (χ1n) is 9.72. The van der Waals surface area contributed by atoms with Gasteiger partial charge in [0.2, 0.25) is 11.8 Å². The van der Waals surface area contributed by atoms with E-state index in [-0.39, 0.29) is 17.7 Å². The Morgan fingerprint density at radius 1 is 1.04 bits per heavy atom. The molecule has 1 heterocycles. The van der Waals surface area contributed by atoms with E-state index >= 15 is 0 Å². The van der Waals surface area contributed by atoms with E-state index in [1.165, 1.54) is 0 Å². The molecule has 1 fully saturated rings. The predicted molar refractivity (Wildman–Crippen MR) is 110 cm³/mol. The maximum atomic E-state index is 12.4. The molecule has 3 rings (SSSR count). The van der Waals surface area contributed by atoms with E-state index in [4.69, 9.17) is 11.5 Å². The fourth-order valence-electron chi connectivity index (χ4n) is 3.58. The van der Waals surface area contributed by atoms with Crippen molar-refractivity contribution in [3.05, 3.63) is 65.7 Å². The first-order chi connectivity index (χ1) is 13.5. The minimum atomic E-state index is -0.598. The Balaban J connectivity index is 1.53. The third-order valence-corrected chi connectivity index (χ3v) is 5.23. The van der Waals surface area contributed by atoms with Crippen molar-refractivity contribution in [3.8, 4) is 0 Å². The number of nitrogens with one attached hydrogen (secondary N) is 1. The maximum Gasteiger partial charge on any atom is 0.241 e. The van der Waals surface area contributed by atoms with Crippen LogP contribution in [0.5, 0.6) is 0 Å². The van der Waals surface area contributed by atoms with Crippen LogP contribution in [0, 0.1) is 5.92 Å². The fraction of sp³-hybridized carbons (Fsp3) is 0.364. The van der Waals surface area contributed by atoms with Gasteiger partial charge in [0.1, 0.15) is 0 Å². The summed E-state index contributed by atoms with van der Waals surface area (Å²) in [5.74, 6) is -0.396. The molecule has 1 atom stereocenters. The van der Waals surface area contributed by atoms with E-state index in [0.29, 0.717) is 6.42 Å². The van der Waals surface area contributed by atoms with Crippen LogP contribution in [0.4, 0.5) is 5.69 Å². The van der Waals surface area contributed by atoms with Crippen molar-refractivity contribution in [2.45, 2.75) is 31.8 Å². The number of amides is 2. The zero-order chi connectivity index (χ0) is 19.9. The molecule has 28 heavy (non-hydrogen) atoms. The van der Waals surface area contributed by atoms with Crippen LogP contribution in [0.2, 0.25) is 0 Å². The van der Waals surface area contributed by atoms with Crippen LogP contribution < -0.4 is 16.8 Å². The van der Waals surface area contributed by atoms with Gasteiger partial charge in [-0.2, -0.15) is 0 Å². The van der Waals surface area contributed by atoms with Crippen LogP contribution in [0.25, 0.3) is 0 Å². The average Bonchev–Trinajstić information content (AvgIpc) is 2.69. The summed E-state index contributed by atoms with van der Waals surface area (Å²) in [7, 11) is 0. The molecular formula is C22H28N4O2. The molecular weight excluding hydrogens is 352 g/mol. The van der Waals surface area contributed by atoms with Gasteiger partial charge in [0.25, 0.3) is 0 Å². The van der Waals surface area contributed by atoms with Gasteiger partial charge >= 0.3 is 0 Å². The van der Waals surface area contributed by atoms with Gasteiger partial charge in [-0.3, -0.25) is 14.5 Å². The van der Waals surface area contributed by atoms with Gasteiger partial charge in [0, 0.05) is 18.2 Å². The molecule has 0 aromatic heterocycles. The first kappa shape index (κ1) is 20.0. The zero-order valence-electron chi connectivity index (χ0n) is 16.0. The Kier molecular flexibility index (Phi) is 6.79. The van der Waals surface area contributed by atoms with E-state index in [1.807, 2.05) is 54.6 Å². The van der Waals surface area contributed by atoms with Crippen LogP contribution in [0.3, 0.4) is 0 Å². The number of primary amides is 1. The molecule has 2 aromatic carbocycles. The van der Waals surface area contributed by atoms with E-state index in [2.05, 4.69) is 10.2 Å². The third-order valence-electron chi connectivity index (χ3n) is 5.23. The highest BCUT2D eigenvalue weighted by molar-refractivity contribution is 5.94. The van der Waals surface area contributed by atoms with Crippen LogP contribution >= 0.6 is 0 Å². The molecule has 0 saturated carbocycles. The minimum absolute atomic E-state index is 0.00650. The minimum Gasteiger partial charge on any atom is -0.369 e. The van der Waals surface area contributed by atoms with Gasteiger partial charge in [0.05, 0.1) is 6.04 Å². The number of anilines is 1. The lowest BCUT2D eigenvalue weighted by Crippen LogP contribution is -2.38. The van der Waals surface area contributed by atoms with Crippen molar-refractivity contribution in [1.29, 1.82) is 0 Å². The molecule has 6 heteroatoms. The molecule has 0 aliphatic carbocycles. The number of nitrogens with zero attached hydrogens (tertiary/aromatic N) is 1. The number of hydrogen-bond donors (Lipinski definition) is 3. The molecule has 2 aromatic rings. The lowest BCUT2D eigenvalue weighted by Gasteiger charge is -2.30. The van der Waals surface area contributed by atoms with Crippen LogP contribution in [0.1, 0.15) is 24.0 Å². The molecule has 0 bridgehead atoms. The summed E-state index contributed by atoms with van der Waals surface area (Å²) in [5.41, 5.74) is 14.4. The Bertz CT molecular complexity index is 801. The molecule has 2 amide bonds. The van der Waals surface area contributed by atoms with E-state index < -0.39 is 6.04 Å². The third kappa shape index (κ3) is 5.65. The quantitative estimate of drug-likeness (QED) is 0.683.